The van der Waals surface area contributed by atoms with Crippen LogP contribution in [0, 0.1) is 0 Å². The van der Waals surface area contributed by atoms with Crippen LogP contribution in [0.1, 0.15) is 22.0 Å². The molecule has 0 saturated carbocycles. The van der Waals surface area contributed by atoms with E-state index in [4.69, 9.17) is 4.98 Å². The third-order valence-electron chi connectivity index (χ3n) is 4.97. The quantitative estimate of drug-likeness (QED) is 0.430. The second-order valence-electron chi connectivity index (χ2n) is 6.77. The van der Waals surface area contributed by atoms with Crippen LogP contribution >= 0.6 is 11.8 Å². The first-order valence-corrected chi connectivity index (χ1v) is 10.2. The van der Waals surface area contributed by atoms with Crippen molar-refractivity contribution >= 4 is 17.7 Å². The van der Waals surface area contributed by atoms with Gasteiger partial charge >= 0.3 is 0 Å². The monoisotopic (exact) mass is 382 g/mol. The Morgan fingerprint density at radius 3 is 2.00 bits per heavy atom. The Kier molecular flexibility index (Phi) is 4.34. The van der Waals surface area contributed by atoms with Crippen LogP contribution in [0.4, 0.5) is 0 Å². The second-order valence-corrected chi connectivity index (χ2v) is 7.94. The zero-order valence-electron chi connectivity index (χ0n) is 15.2. The smallest absolute Gasteiger partial charge is 0.234 e. The molecule has 2 heterocycles. The van der Waals surface area contributed by atoms with Gasteiger partial charge in [0, 0.05) is 22.8 Å². The molecule has 0 unspecified atom stereocenters. The fraction of sp³-hybridized carbons (Fsp3) is 0.0833. The van der Waals surface area contributed by atoms with E-state index in [1.165, 1.54) is 0 Å². The van der Waals surface area contributed by atoms with Crippen LogP contribution in [0.5, 0.6) is 0 Å². The minimum atomic E-state index is 0.0934. The number of thioether (sulfide) groups is 1. The maximum absolute atomic E-state index is 13.2. The van der Waals surface area contributed by atoms with Gasteiger partial charge in [0.05, 0.1) is 11.4 Å². The Morgan fingerprint density at radius 1 is 0.786 bits per heavy atom. The van der Waals surface area contributed by atoms with Gasteiger partial charge in [-0.1, -0.05) is 103 Å². The molecule has 1 atom stereocenters. The van der Waals surface area contributed by atoms with E-state index in [1.54, 1.807) is 11.8 Å². The summed E-state index contributed by atoms with van der Waals surface area (Å²) >= 11 is 1.67. The third kappa shape index (κ3) is 2.96. The summed E-state index contributed by atoms with van der Waals surface area (Å²) in [6.45, 7) is 0. The number of rotatable bonds is 3. The predicted molar refractivity (Wildman–Crippen MR) is 113 cm³/mol. The molecule has 0 bridgehead atoms. The number of fused-ring (bicyclic) bond motifs is 1. The average molecular weight is 382 g/mol. The lowest BCUT2D eigenvalue weighted by molar-refractivity contribution is 0.0888. The molecule has 0 spiro atoms. The summed E-state index contributed by atoms with van der Waals surface area (Å²) in [6.07, 6.45) is 0.464. The molecule has 1 aliphatic heterocycles. The second kappa shape index (κ2) is 7.13. The van der Waals surface area contributed by atoms with E-state index >= 15 is 0 Å². The molecule has 4 heteroatoms. The number of hydrogen-bond donors (Lipinski definition) is 0. The standard InChI is InChI=1S/C24H18N2OS/c27-21-16-20(17-10-4-1-5-11-17)28-24-25-22(18-12-6-2-7-13-18)23(26(21)24)19-14-8-3-9-15-19/h1-15,20H,16H2/t20-/m0/s1. The Morgan fingerprint density at radius 2 is 1.36 bits per heavy atom. The molecule has 3 nitrogen and oxygen atoms in total. The van der Waals surface area contributed by atoms with Crippen LogP contribution < -0.4 is 0 Å². The van der Waals surface area contributed by atoms with Gasteiger partial charge in [-0.15, -0.1) is 0 Å². The molecule has 4 aromatic rings. The first-order valence-electron chi connectivity index (χ1n) is 9.29. The van der Waals surface area contributed by atoms with Gasteiger partial charge in [-0.05, 0) is 5.56 Å². The Hall–Kier alpha value is -3.11. The highest BCUT2D eigenvalue weighted by Gasteiger charge is 2.32. The molecule has 0 N–H and O–H groups in total. The summed E-state index contributed by atoms with van der Waals surface area (Å²) in [5, 5.41) is 0.860. The number of carbonyl (C=O) groups excluding carboxylic acids is 1. The molecule has 3 aromatic carbocycles. The van der Waals surface area contributed by atoms with Crippen molar-refractivity contribution in [2.75, 3.05) is 0 Å². The number of nitrogens with zero attached hydrogens (tertiary/aromatic N) is 2. The van der Waals surface area contributed by atoms with Gasteiger partial charge in [-0.2, -0.15) is 0 Å². The fourth-order valence-corrected chi connectivity index (χ4v) is 4.86. The molecule has 28 heavy (non-hydrogen) atoms. The van der Waals surface area contributed by atoms with Crippen molar-refractivity contribution in [1.82, 2.24) is 9.55 Å². The summed E-state index contributed by atoms with van der Waals surface area (Å²) in [5.41, 5.74) is 4.93. The Balaban J connectivity index is 1.68. The summed E-state index contributed by atoms with van der Waals surface area (Å²) in [6, 6.07) is 30.4. The Labute approximate surface area is 168 Å². The molecule has 0 fully saturated rings. The van der Waals surface area contributed by atoms with E-state index in [1.807, 2.05) is 83.4 Å². The summed E-state index contributed by atoms with van der Waals surface area (Å²) in [7, 11) is 0. The maximum atomic E-state index is 13.2. The van der Waals surface area contributed by atoms with Gasteiger partial charge in [0.25, 0.3) is 0 Å². The normalized spacial score (nSPS) is 16.0. The van der Waals surface area contributed by atoms with E-state index in [0.717, 1.165) is 33.2 Å². The fourth-order valence-electron chi connectivity index (χ4n) is 3.64. The number of aromatic nitrogens is 2. The molecule has 0 aliphatic carbocycles. The third-order valence-corrected chi connectivity index (χ3v) is 6.18. The molecule has 0 radical (unpaired) electrons. The zero-order chi connectivity index (χ0) is 18.9. The topological polar surface area (TPSA) is 34.9 Å². The van der Waals surface area contributed by atoms with Crippen molar-refractivity contribution in [2.45, 2.75) is 16.8 Å². The minimum absolute atomic E-state index is 0.0934. The van der Waals surface area contributed by atoms with Crippen LogP contribution in [0.2, 0.25) is 0 Å². The van der Waals surface area contributed by atoms with Gasteiger partial charge in [0.1, 0.15) is 0 Å². The lowest BCUT2D eigenvalue weighted by Gasteiger charge is -2.23. The van der Waals surface area contributed by atoms with E-state index in [9.17, 15) is 4.79 Å². The zero-order valence-corrected chi connectivity index (χ0v) is 16.0. The van der Waals surface area contributed by atoms with Crippen LogP contribution in [0.3, 0.4) is 0 Å². The molecular formula is C24H18N2OS. The number of benzene rings is 3. The first-order chi connectivity index (χ1) is 13.8. The van der Waals surface area contributed by atoms with Gasteiger partial charge < -0.3 is 0 Å². The van der Waals surface area contributed by atoms with E-state index in [-0.39, 0.29) is 11.2 Å². The van der Waals surface area contributed by atoms with E-state index in [2.05, 4.69) is 12.1 Å². The predicted octanol–water partition coefficient (Wildman–Crippen LogP) is 6.09. The van der Waals surface area contributed by atoms with E-state index < -0.39 is 0 Å². The molecule has 0 amide bonds. The summed E-state index contributed by atoms with van der Waals surface area (Å²) in [4.78, 5) is 18.1. The van der Waals surface area contributed by atoms with Crippen LogP contribution in [0.25, 0.3) is 22.5 Å². The highest BCUT2D eigenvalue weighted by Crippen LogP contribution is 2.45. The van der Waals surface area contributed by atoms with Gasteiger partial charge in [-0.3, -0.25) is 9.36 Å². The number of imidazole rings is 1. The molecule has 5 rings (SSSR count). The van der Waals surface area contributed by atoms with Crippen molar-refractivity contribution in [3.63, 3.8) is 0 Å². The van der Waals surface area contributed by atoms with Gasteiger partial charge in [-0.25, -0.2) is 4.98 Å². The van der Waals surface area contributed by atoms with Crippen molar-refractivity contribution in [3.8, 4) is 22.5 Å². The molecule has 0 saturated heterocycles. The Bertz CT molecular complexity index is 1120. The van der Waals surface area contributed by atoms with Crippen LogP contribution in [-0.2, 0) is 0 Å². The highest BCUT2D eigenvalue weighted by atomic mass is 32.2. The molecule has 1 aromatic heterocycles. The minimum Gasteiger partial charge on any atom is -0.274 e. The van der Waals surface area contributed by atoms with Crippen LogP contribution in [-0.4, -0.2) is 15.5 Å². The summed E-state index contributed by atoms with van der Waals surface area (Å²) < 4.78 is 1.81. The highest BCUT2D eigenvalue weighted by molar-refractivity contribution is 7.99. The van der Waals surface area contributed by atoms with Crippen molar-refractivity contribution < 1.29 is 4.79 Å². The maximum Gasteiger partial charge on any atom is 0.234 e. The molecule has 136 valence electrons. The van der Waals surface area contributed by atoms with Crippen LogP contribution in [0.15, 0.2) is 96.2 Å². The van der Waals surface area contributed by atoms with Crippen molar-refractivity contribution in [2.24, 2.45) is 0 Å². The first kappa shape index (κ1) is 17.0. The number of carbonyl (C=O) groups is 1. The van der Waals surface area contributed by atoms with E-state index in [0.29, 0.717) is 6.42 Å². The van der Waals surface area contributed by atoms with Crippen molar-refractivity contribution in [1.29, 1.82) is 0 Å². The molecular weight excluding hydrogens is 364 g/mol. The number of hydrogen-bond acceptors (Lipinski definition) is 3. The average Bonchev–Trinajstić information content (AvgIpc) is 3.16. The van der Waals surface area contributed by atoms with Gasteiger partial charge in [0.2, 0.25) is 5.91 Å². The molecule has 1 aliphatic rings. The summed E-state index contributed by atoms with van der Waals surface area (Å²) in [5.74, 6) is 0.0936. The van der Waals surface area contributed by atoms with Gasteiger partial charge in [0.15, 0.2) is 5.16 Å². The SMILES string of the molecule is O=C1C[C@@H](c2ccccc2)Sc2nc(-c3ccccc3)c(-c3ccccc3)n21. The largest absolute Gasteiger partial charge is 0.274 e. The van der Waals surface area contributed by atoms with Crippen molar-refractivity contribution in [3.05, 3.63) is 96.6 Å². The lowest BCUT2D eigenvalue weighted by atomic mass is 10.0. The lowest BCUT2D eigenvalue weighted by Crippen LogP contribution is -2.20.